The number of anilines is 2. The quantitative estimate of drug-likeness (QED) is 0.218. The van der Waals surface area contributed by atoms with Crippen molar-refractivity contribution in [1.82, 2.24) is 0 Å². The maximum atomic E-state index is 8.21. The number of hydrogen-bond donors (Lipinski definition) is 0. The van der Waals surface area contributed by atoms with Crippen LogP contribution < -0.4 is 9.80 Å². The van der Waals surface area contributed by atoms with Crippen LogP contribution in [-0.2, 0) is 17.1 Å². The van der Waals surface area contributed by atoms with Gasteiger partial charge in [0.1, 0.15) is 0 Å². The summed E-state index contributed by atoms with van der Waals surface area (Å²) in [4.78, 5) is 13.3. The number of rotatable bonds is 11. The molecule has 0 aromatic heterocycles. The van der Waals surface area contributed by atoms with Crippen LogP contribution in [0.1, 0.15) is 38.8 Å². The molecule has 166 valence electrons. The first kappa shape index (κ1) is 26.5. The summed E-state index contributed by atoms with van der Waals surface area (Å²) < 4.78 is 0. The average molecular weight is 468 g/mol. The molecule has 6 nitrogen and oxygen atoms in total. The van der Waals surface area contributed by atoms with Crippen LogP contribution in [0.3, 0.4) is 0 Å². The Morgan fingerprint density at radius 2 is 1.03 bits per heavy atom. The first-order valence-electron chi connectivity index (χ1n) is 10.7. The molecule has 0 saturated heterocycles. The SMILES string of the molecule is CCN(CC)c1ccc(C=NCCN=Cc2ccc(N(CC)CC)cc2[OH2+])c([OH2+])c1.[Mn+3]. The molecule has 0 amide bonds. The summed E-state index contributed by atoms with van der Waals surface area (Å²) in [6.07, 6.45) is 3.50. The van der Waals surface area contributed by atoms with Crippen molar-refractivity contribution in [3.05, 3.63) is 47.5 Å². The predicted octanol–water partition coefficient (Wildman–Crippen LogP) is 3.79. The van der Waals surface area contributed by atoms with Crippen LogP contribution in [0, 0.1) is 0 Å². The second-order valence-electron chi connectivity index (χ2n) is 6.96. The van der Waals surface area contributed by atoms with Crippen molar-refractivity contribution in [3.63, 3.8) is 0 Å². The van der Waals surface area contributed by atoms with Crippen molar-refractivity contribution in [2.75, 3.05) is 49.1 Å². The van der Waals surface area contributed by atoms with E-state index in [1.807, 2.05) is 36.4 Å². The Morgan fingerprint density at radius 3 is 1.32 bits per heavy atom. The van der Waals surface area contributed by atoms with Crippen LogP contribution in [0.15, 0.2) is 46.4 Å². The van der Waals surface area contributed by atoms with Gasteiger partial charge < -0.3 is 20.0 Å². The van der Waals surface area contributed by atoms with Gasteiger partial charge in [-0.25, -0.2) is 0 Å². The molecule has 2 rings (SSSR count). The molecular formula is C24H36MnN4O2+5. The van der Waals surface area contributed by atoms with Gasteiger partial charge in [-0.05, 0) is 52.0 Å². The summed E-state index contributed by atoms with van der Waals surface area (Å²) in [5, 5.41) is 16.4. The summed E-state index contributed by atoms with van der Waals surface area (Å²) in [5.41, 5.74) is 3.78. The fraction of sp³-hybridized carbons (Fsp3) is 0.417. The Labute approximate surface area is 196 Å². The molecule has 2 aromatic carbocycles. The van der Waals surface area contributed by atoms with Gasteiger partial charge in [0.15, 0.2) is 0 Å². The minimum absolute atomic E-state index is 0. The molecule has 0 radical (unpaired) electrons. The average Bonchev–Trinajstić information content (AvgIpc) is 2.75. The third kappa shape index (κ3) is 7.60. The molecule has 0 aliphatic carbocycles. The fourth-order valence-electron chi connectivity index (χ4n) is 3.33. The van der Waals surface area contributed by atoms with Gasteiger partial charge in [-0.15, -0.1) is 0 Å². The molecule has 0 aliphatic rings. The number of aliphatic imine (C=N–C) groups is 2. The topological polar surface area (TPSA) is 77.0 Å². The Hall–Kier alpha value is -2.50. The van der Waals surface area contributed by atoms with Gasteiger partial charge in [0, 0.05) is 50.0 Å². The van der Waals surface area contributed by atoms with E-state index in [9.17, 15) is 0 Å². The number of nitrogens with zero attached hydrogens (tertiary/aromatic N) is 4. The van der Waals surface area contributed by atoms with Crippen molar-refractivity contribution >= 4 is 23.8 Å². The predicted molar refractivity (Wildman–Crippen MR) is 131 cm³/mol. The van der Waals surface area contributed by atoms with Gasteiger partial charge in [-0.2, -0.15) is 0 Å². The van der Waals surface area contributed by atoms with Gasteiger partial charge in [0.25, 0.3) is 11.5 Å². The first-order valence-corrected chi connectivity index (χ1v) is 10.7. The van der Waals surface area contributed by atoms with Crippen LogP contribution in [0.25, 0.3) is 0 Å². The van der Waals surface area contributed by atoms with Gasteiger partial charge in [-0.1, -0.05) is 0 Å². The van der Waals surface area contributed by atoms with Gasteiger partial charge in [-0.3, -0.25) is 9.98 Å². The van der Waals surface area contributed by atoms with E-state index >= 15 is 0 Å². The van der Waals surface area contributed by atoms with Gasteiger partial charge >= 0.3 is 17.1 Å². The third-order valence-corrected chi connectivity index (χ3v) is 5.15. The summed E-state index contributed by atoms with van der Waals surface area (Å²) in [6, 6.07) is 11.8. The molecule has 4 N–H and O–H groups in total. The standard InChI is InChI=1S/C24H34N4O2.Mn/c1-5-27(6-2)21-11-9-19(23(29)15-21)17-25-13-14-26-18-20-10-12-22(16-24(20)30)28(7-3)8-4;/h9-12,15-18,29-30H,5-8,13-14H2,1-4H3;/q;+3/p+2. The van der Waals surface area contributed by atoms with Crippen molar-refractivity contribution in [3.8, 4) is 11.5 Å². The smallest absolute Gasteiger partial charge is 0.593 e. The molecule has 0 heterocycles. The van der Waals surface area contributed by atoms with Crippen molar-refractivity contribution in [2.45, 2.75) is 27.7 Å². The minimum Gasteiger partial charge on any atom is -0.593 e. The van der Waals surface area contributed by atoms with Gasteiger partial charge in [0.2, 0.25) is 0 Å². The van der Waals surface area contributed by atoms with Crippen molar-refractivity contribution in [2.24, 2.45) is 9.98 Å². The Kier molecular flexibility index (Phi) is 11.8. The molecular weight excluding hydrogens is 431 g/mol. The minimum atomic E-state index is 0. The van der Waals surface area contributed by atoms with Crippen LogP contribution in [-0.4, -0.2) is 61.9 Å². The Morgan fingerprint density at radius 1 is 0.677 bits per heavy atom. The van der Waals surface area contributed by atoms with Crippen molar-refractivity contribution in [1.29, 1.82) is 0 Å². The monoisotopic (exact) mass is 467 g/mol. The molecule has 0 unspecified atom stereocenters. The molecule has 0 saturated carbocycles. The second kappa shape index (κ2) is 13.7. The Bertz CT molecular complexity index is 791. The van der Waals surface area contributed by atoms with Crippen LogP contribution in [0.2, 0.25) is 0 Å². The van der Waals surface area contributed by atoms with E-state index in [0.717, 1.165) is 48.7 Å². The summed E-state index contributed by atoms with van der Waals surface area (Å²) in [6.45, 7) is 13.3. The number of benzene rings is 2. The van der Waals surface area contributed by atoms with Crippen LogP contribution in [0.4, 0.5) is 11.4 Å². The molecule has 0 spiro atoms. The largest absolute Gasteiger partial charge is 3.00 e. The molecule has 31 heavy (non-hydrogen) atoms. The summed E-state index contributed by atoms with van der Waals surface area (Å²) in [5.74, 6) is 0.970. The fourth-order valence-corrected chi connectivity index (χ4v) is 3.33. The van der Waals surface area contributed by atoms with E-state index in [-0.39, 0.29) is 17.1 Å². The van der Waals surface area contributed by atoms with Crippen molar-refractivity contribution < 1.29 is 27.3 Å². The normalized spacial score (nSPS) is 11.1. The van der Waals surface area contributed by atoms with Crippen LogP contribution in [0.5, 0.6) is 11.5 Å². The van der Waals surface area contributed by atoms with Crippen LogP contribution >= 0.6 is 0 Å². The third-order valence-electron chi connectivity index (χ3n) is 5.15. The van der Waals surface area contributed by atoms with E-state index < -0.39 is 0 Å². The summed E-state index contributed by atoms with van der Waals surface area (Å²) in [7, 11) is 0. The van der Waals surface area contributed by atoms with E-state index in [1.165, 1.54) is 0 Å². The van der Waals surface area contributed by atoms with E-state index in [1.54, 1.807) is 12.4 Å². The second-order valence-corrected chi connectivity index (χ2v) is 6.96. The maximum Gasteiger partial charge on any atom is 3.00 e. The zero-order valence-corrected chi connectivity index (χ0v) is 20.2. The molecule has 0 aliphatic heterocycles. The van der Waals surface area contributed by atoms with E-state index in [0.29, 0.717) is 24.6 Å². The summed E-state index contributed by atoms with van der Waals surface area (Å²) >= 11 is 0. The number of hydrogen-bond acceptors (Lipinski definition) is 4. The zero-order valence-electron chi connectivity index (χ0n) is 19.0. The molecule has 2 aromatic rings. The zero-order chi connectivity index (χ0) is 21.9. The molecule has 0 bridgehead atoms. The molecule has 7 heteroatoms. The Balaban J connectivity index is 0.00000480. The van der Waals surface area contributed by atoms with Gasteiger partial charge in [0.05, 0.1) is 36.3 Å². The molecule has 0 fully saturated rings. The van der Waals surface area contributed by atoms with E-state index in [2.05, 4.69) is 47.5 Å². The van der Waals surface area contributed by atoms with E-state index in [4.69, 9.17) is 10.2 Å². The maximum absolute atomic E-state index is 8.21. The molecule has 0 atom stereocenters. The first-order chi connectivity index (χ1) is 14.5.